The van der Waals surface area contributed by atoms with Crippen LogP contribution in [0.5, 0.6) is 0 Å². The lowest BCUT2D eigenvalue weighted by Gasteiger charge is -2.14. The van der Waals surface area contributed by atoms with E-state index in [4.69, 9.17) is 9.84 Å². The number of benzene rings is 1. The van der Waals surface area contributed by atoms with Crippen LogP contribution in [0.1, 0.15) is 5.69 Å². The van der Waals surface area contributed by atoms with Crippen molar-refractivity contribution in [3.05, 3.63) is 35.9 Å². The molecule has 1 N–H and O–H groups in total. The Morgan fingerprint density at radius 2 is 2.33 bits per heavy atom. The summed E-state index contributed by atoms with van der Waals surface area (Å²) in [4.78, 5) is 12.9. The van der Waals surface area contributed by atoms with Gasteiger partial charge in [-0.15, -0.1) is 5.10 Å². The van der Waals surface area contributed by atoms with Gasteiger partial charge in [-0.1, -0.05) is 5.21 Å². The number of hydrogen-bond acceptors (Lipinski definition) is 5. The maximum atomic E-state index is 14.2. The minimum atomic E-state index is -0.599. The highest BCUT2D eigenvalue weighted by atomic mass is 19.1. The number of aromatic nitrogens is 3. The molecule has 7 nitrogen and oxygen atoms in total. The summed E-state index contributed by atoms with van der Waals surface area (Å²) < 4.78 is 20.4. The lowest BCUT2D eigenvalue weighted by atomic mass is 10.2. The van der Waals surface area contributed by atoms with Crippen LogP contribution in [0.2, 0.25) is 0 Å². The second-order valence-corrected chi connectivity index (χ2v) is 4.74. The normalized spacial score (nSPS) is 18.1. The number of aliphatic hydroxyl groups is 1. The van der Waals surface area contributed by atoms with Gasteiger partial charge in [-0.2, -0.15) is 0 Å². The van der Waals surface area contributed by atoms with Crippen molar-refractivity contribution in [3.8, 4) is 5.69 Å². The van der Waals surface area contributed by atoms with Crippen molar-refractivity contribution in [2.24, 2.45) is 0 Å². The fourth-order valence-electron chi connectivity index (χ4n) is 2.14. The third-order valence-corrected chi connectivity index (χ3v) is 3.18. The summed E-state index contributed by atoms with van der Waals surface area (Å²) in [5.74, 6) is -0.530. The molecule has 0 unspecified atom stereocenters. The maximum absolute atomic E-state index is 14.2. The molecule has 1 amide bonds. The first-order valence-corrected chi connectivity index (χ1v) is 6.36. The van der Waals surface area contributed by atoms with Crippen molar-refractivity contribution < 1.29 is 19.0 Å². The summed E-state index contributed by atoms with van der Waals surface area (Å²) in [6, 6.07) is 4.34. The molecule has 1 aromatic heterocycles. The first kappa shape index (κ1) is 13.5. The smallest absolute Gasteiger partial charge is 0.414 e. The van der Waals surface area contributed by atoms with Crippen LogP contribution in [-0.4, -0.2) is 45.4 Å². The first-order valence-electron chi connectivity index (χ1n) is 6.36. The lowest BCUT2D eigenvalue weighted by molar-refractivity contribution is 0.0963. The van der Waals surface area contributed by atoms with E-state index >= 15 is 0 Å². The minimum absolute atomic E-state index is 0.191. The van der Waals surface area contributed by atoms with Crippen molar-refractivity contribution in [1.82, 2.24) is 15.0 Å². The molecule has 1 aromatic carbocycles. The van der Waals surface area contributed by atoms with Gasteiger partial charge in [0.2, 0.25) is 0 Å². The highest BCUT2D eigenvalue weighted by molar-refractivity contribution is 5.89. The summed E-state index contributed by atoms with van der Waals surface area (Å²) in [7, 11) is 0. The topological polar surface area (TPSA) is 80.5 Å². The highest BCUT2D eigenvalue weighted by Gasteiger charge is 2.32. The molecule has 21 heavy (non-hydrogen) atoms. The molecule has 0 aliphatic carbocycles. The van der Waals surface area contributed by atoms with E-state index in [1.165, 1.54) is 21.7 Å². The Morgan fingerprint density at radius 1 is 1.52 bits per heavy atom. The first-order chi connectivity index (χ1) is 10.1. The van der Waals surface area contributed by atoms with Gasteiger partial charge >= 0.3 is 6.09 Å². The van der Waals surface area contributed by atoms with E-state index in [9.17, 15) is 9.18 Å². The van der Waals surface area contributed by atoms with Crippen molar-refractivity contribution >= 4 is 11.8 Å². The third-order valence-electron chi connectivity index (χ3n) is 3.18. The number of nitrogens with zero attached hydrogens (tertiary/aromatic N) is 4. The molecule has 1 fully saturated rings. The zero-order valence-corrected chi connectivity index (χ0v) is 11.2. The number of cyclic esters (lactones) is 1. The summed E-state index contributed by atoms with van der Waals surface area (Å²) in [6.07, 6.45) is 0.417. The van der Waals surface area contributed by atoms with E-state index in [1.807, 2.05) is 0 Å². The van der Waals surface area contributed by atoms with Crippen LogP contribution in [0.3, 0.4) is 0 Å². The predicted molar refractivity (Wildman–Crippen MR) is 70.8 cm³/mol. The average Bonchev–Trinajstić information content (AvgIpc) is 3.04. The number of carbonyl (C=O) groups excluding carboxylic acids is 1. The molecule has 1 saturated heterocycles. The zero-order chi connectivity index (χ0) is 15.0. The fraction of sp³-hybridized carbons (Fsp3) is 0.308. The fourth-order valence-corrected chi connectivity index (χ4v) is 2.14. The Bertz CT molecular complexity index is 688. The summed E-state index contributed by atoms with van der Waals surface area (Å²) >= 11 is 0. The Morgan fingerprint density at radius 3 is 2.90 bits per heavy atom. The van der Waals surface area contributed by atoms with Crippen LogP contribution in [0.15, 0.2) is 24.4 Å². The standard InChI is InChI=1S/C13H13FN4O3/c1-8-5-18(16-15-8)12-3-2-9(4-11(12)14)17-6-10(7-19)21-13(17)20/h2-5,10,19H,6-7H2,1H3/t10-/m1/s1. The van der Waals surface area contributed by atoms with E-state index in [0.29, 0.717) is 11.4 Å². The van der Waals surface area contributed by atoms with Crippen molar-refractivity contribution in [3.63, 3.8) is 0 Å². The number of hydrogen-bond donors (Lipinski definition) is 1. The molecular formula is C13H13FN4O3. The van der Waals surface area contributed by atoms with Crippen LogP contribution >= 0.6 is 0 Å². The Labute approximate surface area is 119 Å². The Hall–Kier alpha value is -2.48. The number of rotatable bonds is 3. The molecule has 110 valence electrons. The van der Waals surface area contributed by atoms with Crippen molar-refractivity contribution in [2.75, 3.05) is 18.1 Å². The van der Waals surface area contributed by atoms with E-state index < -0.39 is 18.0 Å². The van der Waals surface area contributed by atoms with Gasteiger partial charge in [-0.05, 0) is 25.1 Å². The van der Waals surface area contributed by atoms with Crippen molar-refractivity contribution in [1.29, 1.82) is 0 Å². The average molecular weight is 292 g/mol. The predicted octanol–water partition coefficient (Wildman–Crippen LogP) is 1.03. The van der Waals surface area contributed by atoms with Crippen LogP contribution in [-0.2, 0) is 4.74 Å². The highest BCUT2D eigenvalue weighted by Crippen LogP contribution is 2.25. The summed E-state index contributed by atoms with van der Waals surface area (Å²) in [6.45, 7) is 1.68. The minimum Gasteiger partial charge on any atom is -0.441 e. The molecule has 1 aliphatic heterocycles. The number of ether oxygens (including phenoxy) is 1. The van der Waals surface area contributed by atoms with E-state index in [0.717, 1.165) is 0 Å². The molecule has 3 rings (SSSR count). The van der Waals surface area contributed by atoms with Gasteiger partial charge in [0.1, 0.15) is 11.8 Å². The summed E-state index contributed by atoms with van der Waals surface area (Å²) in [5, 5.41) is 16.6. The maximum Gasteiger partial charge on any atom is 0.414 e. The molecule has 8 heteroatoms. The van der Waals surface area contributed by atoms with Gasteiger partial charge in [0, 0.05) is 0 Å². The van der Waals surface area contributed by atoms with Gasteiger partial charge in [-0.25, -0.2) is 13.9 Å². The Balaban J connectivity index is 1.90. The third kappa shape index (κ3) is 2.45. The molecule has 1 atom stereocenters. The number of carbonyl (C=O) groups is 1. The molecule has 1 aliphatic rings. The SMILES string of the molecule is Cc1cn(-c2ccc(N3C[C@H](CO)OC3=O)cc2F)nn1. The van der Waals surface area contributed by atoms with Crippen LogP contribution in [0, 0.1) is 12.7 Å². The van der Waals surface area contributed by atoms with E-state index in [-0.39, 0.29) is 18.8 Å². The molecular weight excluding hydrogens is 279 g/mol. The second-order valence-electron chi connectivity index (χ2n) is 4.74. The monoisotopic (exact) mass is 292 g/mol. The van der Waals surface area contributed by atoms with Gasteiger partial charge in [-0.3, -0.25) is 4.90 Å². The number of halogens is 1. The van der Waals surface area contributed by atoms with Crippen LogP contribution in [0.25, 0.3) is 5.69 Å². The van der Waals surface area contributed by atoms with Gasteiger partial charge in [0.05, 0.1) is 30.7 Å². The molecule has 0 saturated carbocycles. The zero-order valence-electron chi connectivity index (χ0n) is 11.2. The van der Waals surface area contributed by atoms with Crippen LogP contribution in [0.4, 0.5) is 14.9 Å². The van der Waals surface area contributed by atoms with Gasteiger partial charge in [0.25, 0.3) is 0 Å². The molecule has 0 spiro atoms. The van der Waals surface area contributed by atoms with E-state index in [1.54, 1.807) is 19.2 Å². The van der Waals surface area contributed by atoms with Crippen molar-refractivity contribution in [2.45, 2.75) is 13.0 Å². The molecule has 2 aromatic rings. The lowest BCUT2D eigenvalue weighted by Crippen LogP contribution is -2.25. The number of amides is 1. The number of anilines is 1. The van der Waals surface area contributed by atoms with Crippen LogP contribution < -0.4 is 4.90 Å². The largest absolute Gasteiger partial charge is 0.441 e. The quantitative estimate of drug-likeness (QED) is 0.914. The summed E-state index contributed by atoms with van der Waals surface area (Å²) in [5.41, 5.74) is 1.28. The van der Waals surface area contributed by atoms with Gasteiger partial charge in [0.15, 0.2) is 5.82 Å². The van der Waals surface area contributed by atoms with E-state index in [2.05, 4.69) is 10.3 Å². The molecule has 0 radical (unpaired) electrons. The second kappa shape index (κ2) is 5.13. The molecule has 2 heterocycles. The number of aliphatic hydroxyl groups excluding tert-OH is 1. The number of aryl methyl sites for hydroxylation is 1. The Kier molecular flexibility index (Phi) is 3.30. The molecule has 0 bridgehead atoms. The van der Waals surface area contributed by atoms with Gasteiger partial charge < -0.3 is 9.84 Å².